The molecule has 4 fully saturated rings. The van der Waals surface area contributed by atoms with Crippen molar-refractivity contribution in [3.05, 3.63) is 0 Å². The molecule has 0 atom stereocenters. The molecule has 73 valence electrons. The molecule has 4 aliphatic carbocycles. The van der Waals surface area contributed by atoms with E-state index in [1.165, 1.54) is 0 Å². The van der Waals surface area contributed by atoms with Gasteiger partial charge in [-0.1, -0.05) is 13.1 Å². The quantitative estimate of drug-likeness (QED) is 0.557. The Balaban J connectivity index is 1.91. The van der Waals surface area contributed by atoms with Gasteiger partial charge in [0.1, 0.15) is 0 Å². The summed E-state index contributed by atoms with van der Waals surface area (Å²) in [6.07, 6.45) is 9.69. The normalized spacial score (nSPS) is 53.3. The molecule has 0 saturated heterocycles. The zero-order chi connectivity index (χ0) is 9.05. The standard InChI is InChI=1S/C12H21Si/c1-13(2)12-6-9-3-10(7-12)5-11(4-9)8-12/h9-11H,3-8H2,1-2H3. The van der Waals surface area contributed by atoms with E-state index >= 15 is 0 Å². The molecule has 1 heteroatoms. The van der Waals surface area contributed by atoms with Gasteiger partial charge in [-0.15, -0.1) is 0 Å². The highest BCUT2D eigenvalue weighted by molar-refractivity contribution is 6.59. The molecule has 4 aliphatic rings. The molecular formula is C12H21Si. The zero-order valence-corrected chi connectivity index (χ0v) is 9.97. The van der Waals surface area contributed by atoms with E-state index in [0.29, 0.717) is 0 Å². The third-order valence-electron chi connectivity index (χ3n) is 5.10. The first-order valence-corrected chi connectivity index (χ1v) is 8.48. The Hall–Kier alpha value is 0.217. The second kappa shape index (κ2) is 2.62. The van der Waals surface area contributed by atoms with Gasteiger partial charge in [0.05, 0.1) is 0 Å². The van der Waals surface area contributed by atoms with E-state index in [4.69, 9.17) is 0 Å². The minimum absolute atomic E-state index is 0.0288. The molecule has 13 heavy (non-hydrogen) atoms. The van der Waals surface area contributed by atoms with Crippen molar-refractivity contribution >= 4 is 8.80 Å². The summed E-state index contributed by atoms with van der Waals surface area (Å²) >= 11 is 0. The monoisotopic (exact) mass is 193 g/mol. The summed E-state index contributed by atoms with van der Waals surface area (Å²) in [6, 6.07) is 0. The Bertz CT molecular complexity index is 184. The van der Waals surface area contributed by atoms with Crippen LogP contribution >= 0.6 is 0 Å². The second-order valence-electron chi connectivity index (χ2n) is 6.20. The summed E-state index contributed by atoms with van der Waals surface area (Å²) in [4.78, 5) is 0. The maximum Gasteiger partial charge on any atom is 0.0481 e. The lowest BCUT2D eigenvalue weighted by atomic mass is 9.56. The zero-order valence-electron chi connectivity index (χ0n) is 8.97. The Kier molecular flexibility index (Phi) is 1.72. The summed E-state index contributed by atoms with van der Waals surface area (Å²) in [5.74, 6) is 3.48. The van der Waals surface area contributed by atoms with Crippen LogP contribution in [0.15, 0.2) is 0 Å². The van der Waals surface area contributed by atoms with Crippen molar-refractivity contribution in [2.24, 2.45) is 17.8 Å². The third kappa shape index (κ3) is 1.16. The summed E-state index contributed by atoms with van der Waals surface area (Å²) < 4.78 is 0. The van der Waals surface area contributed by atoms with Gasteiger partial charge in [-0.05, 0) is 61.3 Å². The van der Waals surface area contributed by atoms with Crippen LogP contribution in [0.4, 0.5) is 0 Å². The van der Waals surface area contributed by atoms with Crippen LogP contribution in [0.25, 0.3) is 0 Å². The van der Waals surface area contributed by atoms with Crippen molar-refractivity contribution in [3.63, 3.8) is 0 Å². The highest BCUT2D eigenvalue weighted by Crippen LogP contribution is 2.65. The van der Waals surface area contributed by atoms with E-state index in [-0.39, 0.29) is 8.80 Å². The highest BCUT2D eigenvalue weighted by atomic mass is 28.3. The van der Waals surface area contributed by atoms with E-state index in [2.05, 4.69) is 13.1 Å². The highest BCUT2D eigenvalue weighted by Gasteiger charge is 2.52. The van der Waals surface area contributed by atoms with Crippen LogP contribution in [0.3, 0.4) is 0 Å². The molecule has 4 bridgehead atoms. The fraction of sp³-hybridized carbons (Fsp3) is 1.00. The van der Waals surface area contributed by atoms with Crippen LogP contribution < -0.4 is 0 Å². The average Bonchev–Trinajstić information content (AvgIpc) is 2.00. The minimum atomic E-state index is -0.0288. The summed E-state index contributed by atoms with van der Waals surface area (Å²) in [5.41, 5.74) is 0. The first-order valence-electron chi connectivity index (χ1n) is 5.98. The lowest BCUT2D eigenvalue weighted by molar-refractivity contribution is 0.0271. The fourth-order valence-electron chi connectivity index (χ4n) is 4.72. The molecular weight excluding hydrogens is 172 g/mol. The molecule has 0 unspecified atom stereocenters. The average molecular weight is 193 g/mol. The van der Waals surface area contributed by atoms with Gasteiger partial charge in [0.15, 0.2) is 0 Å². The lowest BCUT2D eigenvalue weighted by Crippen LogP contribution is -2.47. The van der Waals surface area contributed by atoms with Crippen molar-refractivity contribution < 1.29 is 0 Å². The molecule has 0 aliphatic heterocycles. The van der Waals surface area contributed by atoms with E-state index in [9.17, 15) is 0 Å². The Morgan fingerprint density at radius 2 is 1.23 bits per heavy atom. The first-order chi connectivity index (χ1) is 6.18. The fourth-order valence-corrected chi connectivity index (χ4v) is 6.81. The van der Waals surface area contributed by atoms with Crippen molar-refractivity contribution in [1.82, 2.24) is 0 Å². The van der Waals surface area contributed by atoms with E-state index < -0.39 is 0 Å². The van der Waals surface area contributed by atoms with Gasteiger partial charge in [0.25, 0.3) is 0 Å². The molecule has 0 nitrogen and oxygen atoms in total. The van der Waals surface area contributed by atoms with Crippen LogP contribution in [0.2, 0.25) is 18.1 Å². The van der Waals surface area contributed by atoms with Gasteiger partial charge in [-0.25, -0.2) is 0 Å². The van der Waals surface area contributed by atoms with E-state index in [1.807, 2.05) is 0 Å². The second-order valence-corrected chi connectivity index (χ2v) is 9.26. The number of rotatable bonds is 1. The largest absolute Gasteiger partial charge is 0.0709 e. The minimum Gasteiger partial charge on any atom is -0.0709 e. The predicted octanol–water partition coefficient (Wildman–Crippen LogP) is 3.71. The maximum absolute atomic E-state index is 2.57. The van der Waals surface area contributed by atoms with Gasteiger partial charge in [-0.2, -0.15) is 0 Å². The van der Waals surface area contributed by atoms with Gasteiger partial charge < -0.3 is 0 Å². The molecule has 0 aromatic heterocycles. The lowest BCUT2D eigenvalue weighted by Gasteiger charge is -2.58. The van der Waals surface area contributed by atoms with Gasteiger partial charge in [0.2, 0.25) is 0 Å². The van der Waals surface area contributed by atoms with Crippen LogP contribution in [0, 0.1) is 17.8 Å². The Labute approximate surface area is 83.7 Å². The molecule has 4 saturated carbocycles. The van der Waals surface area contributed by atoms with Gasteiger partial charge in [0, 0.05) is 8.80 Å². The van der Waals surface area contributed by atoms with E-state index in [1.54, 1.807) is 38.5 Å². The van der Waals surface area contributed by atoms with Crippen molar-refractivity contribution in [1.29, 1.82) is 0 Å². The molecule has 0 N–H and O–H groups in total. The Morgan fingerprint density at radius 1 is 0.846 bits per heavy atom. The third-order valence-corrected chi connectivity index (χ3v) is 7.83. The predicted molar refractivity (Wildman–Crippen MR) is 58.3 cm³/mol. The molecule has 0 heterocycles. The van der Waals surface area contributed by atoms with E-state index in [0.717, 1.165) is 22.8 Å². The summed E-state index contributed by atoms with van der Waals surface area (Å²) in [7, 11) is -0.0288. The smallest absolute Gasteiger partial charge is 0.0481 e. The molecule has 0 aromatic rings. The first kappa shape index (κ1) is 8.52. The molecule has 4 rings (SSSR count). The SMILES string of the molecule is C[Si](C)C12CC3CC(CC(C3)C1)C2. The van der Waals surface area contributed by atoms with Crippen molar-refractivity contribution in [3.8, 4) is 0 Å². The molecule has 0 spiro atoms. The van der Waals surface area contributed by atoms with Crippen LogP contribution in [0.1, 0.15) is 38.5 Å². The summed E-state index contributed by atoms with van der Waals surface area (Å²) in [6.45, 7) is 5.13. The van der Waals surface area contributed by atoms with Crippen molar-refractivity contribution in [2.45, 2.75) is 56.7 Å². The topological polar surface area (TPSA) is 0 Å². The van der Waals surface area contributed by atoms with Gasteiger partial charge in [-0.3, -0.25) is 0 Å². The summed E-state index contributed by atoms with van der Waals surface area (Å²) in [5, 5.41) is 0.902. The van der Waals surface area contributed by atoms with Crippen LogP contribution in [-0.4, -0.2) is 8.80 Å². The number of hydrogen-bond acceptors (Lipinski definition) is 0. The maximum atomic E-state index is 2.57. The molecule has 0 aromatic carbocycles. The Morgan fingerprint density at radius 3 is 1.54 bits per heavy atom. The molecule has 0 amide bonds. The van der Waals surface area contributed by atoms with Crippen molar-refractivity contribution in [2.75, 3.05) is 0 Å². The number of hydrogen-bond donors (Lipinski definition) is 0. The van der Waals surface area contributed by atoms with Crippen LogP contribution in [0.5, 0.6) is 0 Å². The molecule has 1 radical (unpaired) electrons. The van der Waals surface area contributed by atoms with Crippen LogP contribution in [-0.2, 0) is 0 Å². The van der Waals surface area contributed by atoms with Gasteiger partial charge >= 0.3 is 0 Å².